The van der Waals surface area contributed by atoms with Crippen LogP contribution in [-0.2, 0) is 32.6 Å². The second-order valence-electron chi connectivity index (χ2n) is 12.0. The van der Waals surface area contributed by atoms with Crippen molar-refractivity contribution < 1.29 is 22.4 Å². The summed E-state index contributed by atoms with van der Waals surface area (Å²) in [5, 5.41) is 3.52. The van der Waals surface area contributed by atoms with Gasteiger partial charge in [-0.25, -0.2) is 12.8 Å². The molecule has 47 heavy (non-hydrogen) atoms. The van der Waals surface area contributed by atoms with Gasteiger partial charge in [0.2, 0.25) is 11.8 Å². The summed E-state index contributed by atoms with van der Waals surface area (Å²) in [6, 6.07) is 26.9. The van der Waals surface area contributed by atoms with Crippen molar-refractivity contribution in [2.45, 2.75) is 69.0 Å². The van der Waals surface area contributed by atoms with E-state index in [4.69, 9.17) is 11.6 Å². The Labute approximate surface area is 281 Å². The molecule has 0 unspecified atom stereocenters. The monoisotopic (exact) mass is 675 g/mol. The summed E-state index contributed by atoms with van der Waals surface area (Å²) in [5.74, 6) is -1.53. The van der Waals surface area contributed by atoms with Crippen molar-refractivity contribution in [1.29, 1.82) is 0 Å². The number of sulfonamides is 1. The Kier molecular flexibility index (Phi) is 11.3. The Morgan fingerprint density at radius 2 is 1.57 bits per heavy atom. The molecular weight excluding hydrogens is 637 g/mol. The summed E-state index contributed by atoms with van der Waals surface area (Å²) < 4.78 is 44.5. The highest BCUT2D eigenvalue weighted by Gasteiger charge is 2.35. The molecule has 1 N–H and O–H groups in total. The molecule has 0 spiro atoms. The number of nitrogens with one attached hydrogen (secondary N) is 1. The van der Waals surface area contributed by atoms with Gasteiger partial charge in [0.05, 0.1) is 10.6 Å². The number of carbonyl (C=O) groups excluding carboxylic acids is 2. The molecule has 1 saturated carbocycles. The van der Waals surface area contributed by atoms with Gasteiger partial charge in [0.1, 0.15) is 18.4 Å². The minimum atomic E-state index is -4.27. The summed E-state index contributed by atoms with van der Waals surface area (Å²) in [7, 11) is -4.27. The minimum absolute atomic E-state index is 0.0333. The van der Waals surface area contributed by atoms with Gasteiger partial charge in [-0.2, -0.15) is 0 Å². The second-order valence-corrected chi connectivity index (χ2v) is 14.3. The topological polar surface area (TPSA) is 86.8 Å². The molecule has 0 saturated heterocycles. The Morgan fingerprint density at radius 1 is 0.894 bits per heavy atom. The van der Waals surface area contributed by atoms with E-state index in [-0.39, 0.29) is 41.1 Å². The molecule has 1 aliphatic carbocycles. The van der Waals surface area contributed by atoms with Gasteiger partial charge < -0.3 is 10.2 Å². The van der Waals surface area contributed by atoms with Gasteiger partial charge in [0.25, 0.3) is 10.0 Å². The molecule has 0 bridgehead atoms. The SMILES string of the molecule is Cc1cccc(N(CC(=O)N(Cc2ccccc2F)[C@@H](Cc2ccccc2)C(=O)NC2CCCCC2)S(=O)(=O)c2ccc(Cl)cc2)c1. The highest BCUT2D eigenvalue weighted by Crippen LogP contribution is 2.27. The minimum Gasteiger partial charge on any atom is -0.352 e. The van der Waals surface area contributed by atoms with Crippen molar-refractivity contribution in [3.05, 3.63) is 131 Å². The van der Waals surface area contributed by atoms with E-state index in [0.29, 0.717) is 5.02 Å². The van der Waals surface area contributed by atoms with Gasteiger partial charge in [0.15, 0.2) is 0 Å². The van der Waals surface area contributed by atoms with Gasteiger partial charge in [-0.3, -0.25) is 13.9 Å². The van der Waals surface area contributed by atoms with Gasteiger partial charge in [0, 0.05) is 29.6 Å². The fourth-order valence-electron chi connectivity index (χ4n) is 5.95. The Morgan fingerprint density at radius 3 is 2.26 bits per heavy atom. The maximum atomic E-state index is 15.1. The highest BCUT2D eigenvalue weighted by molar-refractivity contribution is 7.92. The van der Waals surface area contributed by atoms with Gasteiger partial charge in [-0.05, 0) is 73.4 Å². The lowest BCUT2D eigenvalue weighted by Crippen LogP contribution is -2.55. The van der Waals surface area contributed by atoms with Crippen LogP contribution < -0.4 is 9.62 Å². The summed E-state index contributed by atoms with van der Waals surface area (Å²) >= 11 is 6.06. The van der Waals surface area contributed by atoms with Crippen LogP contribution in [0.4, 0.5) is 10.1 Å². The quantitative estimate of drug-likeness (QED) is 0.174. The number of nitrogens with zero attached hydrogens (tertiary/aromatic N) is 2. The molecule has 1 atom stereocenters. The molecule has 0 aromatic heterocycles. The van der Waals surface area contributed by atoms with Crippen molar-refractivity contribution in [3.8, 4) is 0 Å². The average Bonchev–Trinajstić information content (AvgIpc) is 3.07. The Hall–Kier alpha value is -4.21. The smallest absolute Gasteiger partial charge is 0.264 e. The molecule has 10 heteroatoms. The standard InChI is InChI=1S/C37H39ClFN3O4S/c1-27-11-10-17-32(23-27)42(47(45,46)33-21-19-30(38)20-22-33)26-36(43)41(25-29-14-8-9-18-34(29)39)35(24-28-12-4-2-5-13-28)37(44)40-31-15-6-3-7-16-31/h2,4-5,8-14,17-23,31,35H,3,6-7,15-16,24-26H2,1H3,(H,40,44)/t35-/m0/s1. The Bertz CT molecular complexity index is 1780. The van der Waals surface area contributed by atoms with Crippen LogP contribution in [0.15, 0.2) is 108 Å². The molecular formula is C37H39ClFN3O4S. The first-order chi connectivity index (χ1) is 22.6. The Balaban J connectivity index is 1.57. The summed E-state index contributed by atoms with van der Waals surface area (Å²) in [6.07, 6.45) is 4.94. The van der Waals surface area contributed by atoms with Crippen LogP contribution in [0, 0.1) is 12.7 Å². The van der Waals surface area contributed by atoms with Crippen LogP contribution in [0.2, 0.25) is 5.02 Å². The molecule has 4 aromatic rings. The lowest BCUT2D eigenvalue weighted by Gasteiger charge is -2.35. The molecule has 7 nitrogen and oxygen atoms in total. The number of hydrogen-bond donors (Lipinski definition) is 1. The highest BCUT2D eigenvalue weighted by atomic mass is 35.5. The molecule has 5 rings (SSSR count). The molecule has 4 aromatic carbocycles. The van der Waals surface area contributed by atoms with Gasteiger partial charge in [-0.15, -0.1) is 0 Å². The number of anilines is 1. The van der Waals surface area contributed by atoms with Crippen LogP contribution in [0.25, 0.3) is 0 Å². The van der Waals surface area contributed by atoms with Crippen molar-refractivity contribution in [2.75, 3.05) is 10.8 Å². The van der Waals surface area contributed by atoms with E-state index in [1.54, 1.807) is 36.4 Å². The van der Waals surface area contributed by atoms with E-state index in [1.807, 2.05) is 43.3 Å². The number of rotatable bonds is 12. The molecule has 2 amide bonds. The largest absolute Gasteiger partial charge is 0.352 e. The molecule has 1 aliphatic rings. The van der Waals surface area contributed by atoms with Crippen molar-refractivity contribution in [3.63, 3.8) is 0 Å². The molecule has 246 valence electrons. The third-order valence-corrected chi connectivity index (χ3v) is 10.5. The normalized spacial score (nSPS) is 14.3. The third-order valence-electron chi connectivity index (χ3n) is 8.49. The van der Waals surface area contributed by atoms with E-state index >= 15 is 4.39 Å². The maximum absolute atomic E-state index is 15.1. The first kappa shape index (κ1) is 34.1. The third kappa shape index (κ3) is 8.78. The lowest BCUT2D eigenvalue weighted by molar-refractivity contribution is -0.140. The summed E-state index contributed by atoms with van der Waals surface area (Å²) in [6.45, 7) is 0.975. The van der Waals surface area contributed by atoms with E-state index in [0.717, 1.165) is 47.5 Å². The zero-order valence-electron chi connectivity index (χ0n) is 26.3. The van der Waals surface area contributed by atoms with Crippen LogP contribution in [0.1, 0.15) is 48.8 Å². The predicted octanol–water partition coefficient (Wildman–Crippen LogP) is 7.07. The van der Waals surface area contributed by atoms with E-state index in [1.165, 1.54) is 35.2 Å². The zero-order chi connectivity index (χ0) is 33.4. The number of benzene rings is 4. The number of aryl methyl sites for hydroxylation is 1. The number of halogens is 2. The second kappa shape index (κ2) is 15.6. The maximum Gasteiger partial charge on any atom is 0.264 e. The van der Waals surface area contributed by atoms with Crippen molar-refractivity contribution in [2.24, 2.45) is 0 Å². The number of carbonyl (C=O) groups is 2. The van der Waals surface area contributed by atoms with E-state index in [9.17, 15) is 18.0 Å². The average molecular weight is 676 g/mol. The van der Waals surface area contributed by atoms with E-state index in [2.05, 4.69) is 5.32 Å². The number of amides is 2. The van der Waals surface area contributed by atoms with Crippen LogP contribution in [-0.4, -0.2) is 43.8 Å². The summed E-state index contributed by atoms with van der Waals surface area (Å²) in [5.41, 5.74) is 2.10. The predicted molar refractivity (Wildman–Crippen MR) is 183 cm³/mol. The van der Waals surface area contributed by atoms with Gasteiger partial charge >= 0.3 is 0 Å². The van der Waals surface area contributed by atoms with Crippen molar-refractivity contribution >= 4 is 39.1 Å². The van der Waals surface area contributed by atoms with Crippen LogP contribution in [0.5, 0.6) is 0 Å². The summed E-state index contributed by atoms with van der Waals surface area (Å²) in [4.78, 5) is 30.0. The first-order valence-electron chi connectivity index (χ1n) is 15.8. The molecule has 0 aliphatic heterocycles. The lowest BCUT2D eigenvalue weighted by atomic mass is 9.94. The van der Waals surface area contributed by atoms with Crippen LogP contribution in [0.3, 0.4) is 0 Å². The zero-order valence-corrected chi connectivity index (χ0v) is 27.9. The van der Waals surface area contributed by atoms with E-state index < -0.39 is 34.3 Å². The van der Waals surface area contributed by atoms with Crippen molar-refractivity contribution in [1.82, 2.24) is 10.2 Å². The van der Waals surface area contributed by atoms with Gasteiger partial charge in [-0.1, -0.05) is 91.5 Å². The number of hydrogen-bond acceptors (Lipinski definition) is 4. The van der Waals surface area contributed by atoms with Crippen LogP contribution >= 0.6 is 11.6 Å². The molecule has 0 radical (unpaired) electrons. The molecule has 1 fully saturated rings. The fourth-order valence-corrected chi connectivity index (χ4v) is 7.49. The fraction of sp³-hybridized carbons (Fsp3) is 0.297. The first-order valence-corrected chi connectivity index (χ1v) is 17.7. The molecule has 0 heterocycles.